The number of rotatable bonds is 8. The van der Waals surface area contributed by atoms with Crippen LogP contribution in [0.15, 0.2) is 72.8 Å². The van der Waals surface area contributed by atoms with E-state index in [-0.39, 0.29) is 41.5 Å². The molecule has 0 unspecified atom stereocenters. The van der Waals surface area contributed by atoms with Crippen molar-refractivity contribution in [3.05, 3.63) is 89.7 Å². The first-order valence-corrected chi connectivity index (χ1v) is 10.9. The molecule has 4 nitrogen and oxygen atoms in total. The minimum Gasteiger partial charge on any atom is -0.376 e. The third-order valence-corrected chi connectivity index (χ3v) is 5.78. The van der Waals surface area contributed by atoms with E-state index in [9.17, 15) is 13.7 Å². The van der Waals surface area contributed by atoms with Crippen LogP contribution in [0, 0.1) is 5.82 Å². The van der Waals surface area contributed by atoms with Crippen LogP contribution in [-0.4, -0.2) is 30.7 Å². The first-order chi connectivity index (χ1) is 15.6. The van der Waals surface area contributed by atoms with E-state index in [2.05, 4.69) is 5.32 Å². The number of nitrogens with one attached hydrogen (secondary N) is 1. The maximum absolute atomic E-state index is 14.3. The van der Waals surface area contributed by atoms with E-state index in [1.54, 1.807) is 18.2 Å². The number of halogens is 2. The van der Waals surface area contributed by atoms with E-state index in [4.69, 9.17) is 4.84 Å². The first kappa shape index (κ1) is 22.1. The zero-order valence-electron chi connectivity index (χ0n) is 17.8. The van der Waals surface area contributed by atoms with Crippen LogP contribution >= 0.6 is 0 Å². The Morgan fingerprint density at radius 1 is 0.969 bits per heavy atom. The van der Waals surface area contributed by atoms with Crippen LogP contribution in [0.3, 0.4) is 0 Å². The summed E-state index contributed by atoms with van der Waals surface area (Å²) in [7, 11) is 0. The molecule has 166 valence electrons. The molecule has 3 aromatic carbocycles. The Labute approximate surface area is 186 Å². The number of hydroxylamine groups is 1. The number of ketones is 1. The van der Waals surface area contributed by atoms with Crippen molar-refractivity contribution in [1.82, 2.24) is 10.6 Å². The fourth-order valence-electron chi connectivity index (χ4n) is 4.00. The monoisotopic (exact) mass is 436 g/mol. The van der Waals surface area contributed by atoms with Gasteiger partial charge in [0.1, 0.15) is 5.82 Å². The molecule has 0 amide bonds. The van der Waals surface area contributed by atoms with Gasteiger partial charge in [0.15, 0.2) is 11.5 Å². The fraction of sp³-hybridized carbons (Fsp3) is 0.269. The predicted molar refractivity (Wildman–Crippen MR) is 121 cm³/mol. The van der Waals surface area contributed by atoms with Gasteiger partial charge < -0.3 is 10.2 Å². The standard InChI is InChI=1S/C26H26F2N2O2/c27-25-11-10-23(18-24(25)21-12-15-29-16-13-21)32-30(28)17-14-26(31)22-8-6-20(7-9-22)19-4-2-1-3-5-19/h1-11,18,21,29H,12-17H2. The second kappa shape index (κ2) is 10.5. The highest BCUT2D eigenvalue weighted by Crippen LogP contribution is 2.30. The second-order valence-electron chi connectivity index (χ2n) is 7.96. The summed E-state index contributed by atoms with van der Waals surface area (Å²) in [6, 6.07) is 21.4. The molecule has 0 aromatic heterocycles. The van der Waals surface area contributed by atoms with Crippen LogP contribution in [0.25, 0.3) is 11.1 Å². The lowest BCUT2D eigenvalue weighted by Gasteiger charge is -2.24. The number of hydrogen-bond acceptors (Lipinski definition) is 4. The average molecular weight is 437 g/mol. The normalized spacial score (nSPS) is 14.5. The smallest absolute Gasteiger partial charge is 0.164 e. The van der Waals surface area contributed by atoms with Gasteiger partial charge in [0, 0.05) is 17.3 Å². The zero-order valence-corrected chi connectivity index (χ0v) is 17.8. The molecular weight excluding hydrogens is 410 g/mol. The Kier molecular flexibility index (Phi) is 7.24. The highest BCUT2D eigenvalue weighted by atomic mass is 19.2. The van der Waals surface area contributed by atoms with Gasteiger partial charge in [-0.2, -0.15) is 0 Å². The molecule has 32 heavy (non-hydrogen) atoms. The predicted octanol–water partition coefficient (Wildman–Crippen LogP) is 5.71. The minimum atomic E-state index is -0.302. The molecule has 1 aliphatic heterocycles. The summed E-state index contributed by atoms with van der Waals surface area (Å²) < 4.78 is 28.5. The number of nitrogens with zero attached hydrogens (tertiary/aromatic N) is 1. The summed E-state index contributed by atoms with van der Waals surface area (Å²) in [5, 5.41) is 3.38. The Morgan fingerprint density at radius 3 is 2.38 bits per heavy atom. The number of carbonyl (C=O) groups is 1. The van der Waals surface area contributed by atoms with E-state index >= 15 is 0 Å². The Morgan fingerprint density at radius 2 is 1.66 bits per heavy atom. The summed E-state index contributed by atoms with van der Waals surface area (Å²) in [6.07, 6.45) is 1.62. The molecule has 0 atom stereocenters. The maximum atomic E-state index is 14.3. The highest BCUT2D eigenvalue weighted by Gasteiger charge is 2.20. The number of carbonyl (C=O) groups excluding carboxylic acids is 1. The fourth-order valence-corrected chi connectivity index (χ4v) is 4.00. The van der Waals surface area contributed by atoms with Crippen molar-refractivity contribution in [2.24, 2.45) is 0 Å². The SMILES string of the molecule is O=C(CCN(F)Oc1ccc(F)c(C2CCNCC2)c1)c1ccc(-c2ccccc2)cc1. The van der Waals surface area contributed by atoms with Gasteiger partial charge in [-0.3, -0.25) is 4.79 Å². The van der Waals surface area contributed by atoms with Crippen molar-refractivity contribution < 1.29 is 18.5 Å². The molecule has 0 saturated carbocycles. The quantitative estimate of drug-likeness (QED) is 0.279. The summed E-state index contributed by atoms with van der Waals surface area (Å²) in [5.74, 6) is -0.162. The molecule has 4 rings (SSSR count). The molecule has 1 N–H and O–H groups in total. The number of hydrogen-bond donors (Lipinski definition) is 1. The number of piperidine rings is 1. The van der Waals surface area contributed by atoms with Crippen LogP contribution in [0.2, 0.25) is 0 Å². The first-order valence-electron chi connectivity index (χ1n) is 10.9. The molecule has 0 radical (unpaired) electrons. The number of benzene rings is 3. The Balaban J connectivity index is 1.32. The average Bonchev–Trinajstić information content (AvgIpc) is 2.85. The van der Waals surface area contributed by atoms with Crippen molar-refractivity contribution in [2.45, 2.75) is 25.2 Å². The summed E-state index contributed by atoms with van der Waals surface area (Å²) >= 11 is 0. The van der Waals surface area contributed by atoms with Crippen molar-refractivity contribution in [3.63, 3.8) is 0 Å². The second-order valence-corrected chi connectivity index (χ2v) is 7.96. The van der Waals surface area contributed by atoms with E-state index in [0.717, 1.165) is 37.1 Å². The van der Waals surface area contributed by atoms with Gasteiger partial charge in [0.2, 0.25) is 0 Å². The number of Topliss-reactive ketones (excluding diaryl/α,β-unsaturated/α-hetero) is 1. The third kappa shape index (κ3) is 5.58. The molecule has 1 aliphatic rings. The molecule has 0 bridgehead atoms. The summed E-state index contributed by atoms with van der Waals surface area (Å²) in [4.78, 5) is 17.6. The van der Waals surface area contributed by atoms with Crippen LogP contribution in [-0.2, 0) is 0 Å². The molecule has 1 saturated heterocycles. The minimum absolute atomic E-state index is 0.0382. The van der Waals surface area contributed by atoms with Gasteiger partial charge in [-0.15, -0.1) is 0 Å². The van der Waals surface area contributed by atoms with Crippen molar-refractivity contribution in [2.75, 3.05) is 19.6 Å². The van der Waals surface area contributed by atoms with Crippen molar-refractivity contribution in [1.29, 1.82) is 0 Å². The molecule has 3 aromatic rings. The Hall–Kier alpha value is -3.09. The van der Waals surface area contributed by atoms with Crippen LogP contribution in [0.5, 0.6) is 5.75 Å². The van der Waals surface area contributed by atoms with E-state index in [0.29, 0.717) is 11.1 Å². The third-order valence-electron chi connectivity index (χ3n) is 5.78. The molecule has 0 aliphatic carbocycles. The van der Waals surface area contributed by atoms with Gasteiger partial charge in [-0.05, 0) is 66.7 Å². The molecule has 1 heterocycles. The van der Waals surface area contributed by atoms with E-state index in [1.807, 2.05) is 42.5 Å². The van der Waals surface area contributed by atoms with Crippen molar-refractivity contribution >= 4 is 5.78 Å². The van der Waals surface area contributed by atoms with Crippen LogP contribution < -0.4 is 10.2 Å². The lowest BCUT2D eigenvalue weighted by atomic mass is 9.90. The Bertz CT molecular complexity index is 1040. The van der Waals surface area contributed by atoms with Crippen molar-refractivity contribution in [3.8, 4) is 16.9 Å². The van der Waals surface area contributed by atoms with Crippen LogP contribution in [0.4, 0.5) is 8.87 Å². The largest absolute Gasteiger partial charge is 0.376 e. The lowest BCUT2D eigenvalue weighted by molar-refractivity contribution is -0.207. The van der Waals surface area contributed by atoms with E-state index < -0.39 is 0 Å². The lowest BCUT2D eigenvalue weighted by Crippen LogP contribution is -2.27. The van der Waals surface area contributed by atoms with Gasteiger partial charge in [-0.1, -0.05) is 59.1 Å². The summed E-state index contributed by atoms with van der Waals surface area (Å²) in [6.45, 7) is 1.44. The molecule has 6 heteroatoms. The summed E-state index contributed by atoms with van der Waals surface area (Å²) in [5.41, 5.74) is 3.15. The molecule has 1 fully saturated rings. The molecular formula is C26H26F2N2O2. The highest BCUT2D eigenvalue weighted by molar-refractivity contribution is 5.96. The van der Waals surface area contributed by atoms with Gasteiger partial charge in [0.05, 0.1) is 6.54 Å². The zero-order chi connectivity index (χ0) is 22.3. The topological polar surface area (TPSA) is 41.6 Å². The molecule has 0 spiro atoms. The van der Waals surface area contributed by atoms with E-state index in [1.165, 1.54) is 12.1 Å². The van der Waals surface area contributed by atoms with Gasteiger partial charge >= 0.3 is 0 Å². The van der Waals surface area contributed by atoms with Gasteiger partial charge in [-0.25, -0.2) is 4.39 Å². The van der Waals surface area contributed by atoms with Crippen LogP contribution in [0.1, 0.15) is 41.1 Å². The maximum Gasteiger partial charge on any atom is 0.164 e. The van der Waals surface area contributed by atoms with Gasteiger partial charge in [0.25, 0.3) is 0 Å².